The van der Waals surface area contributed by atoms with E-state index in [9.17, 15) is 14.0 Å². The summed E-state index contributed by atoms with van der Waals surface area (Å²) in [6, 6.07) is 5.67. The summed E-state index contributed by atoms with van der Waals surface area (Å²) in [7, 11) is 1.26. The first-order valence-electron chi connectivity index (χ1n) is 6.09. The minimum Gasteiger partial charge on any atom is -0.465 e. The summed E-state index contributed by atoms with van der Waals surface area (Å²) in [6.07, 6.45) is -2.01. The molecule has 1 aromatic rings. The highest BCUT2D eigenvalue weighted by Crippen LogP contribution is 2.26. The molecule has 1 atom stereocenters. The van der Waals surface area contributed by atoms with Gasteiger partial charge in [-0.05, 0) is 31.5 Å². The van der Waals surface area contributed by atoms with Crippen molar-refractivity contribution in [1.82, 2.24) is 0 Å². The molecule has 0 N–H and O–H groups in total. The largest absolute Gasteiger partial charge is 0.465 e. The first-order chi connectivity index (χ1) is 9.36. The molecular weight excluding hydrogens is 263 g/mol. The molecule has 0 radical (unpaired) electrons. The van der Waals surface area contributed by atoms with Gasteiger partial charge in [-0.1, -0.05) is 18.7 Å². The van der Waals surface area contributed by atoms with E-state index in [1.807, 2.05) is 0 Å². The molecule has 108 valence electrons. The molecular formula is C15H17FO4. The predicted molar refractivity (Wildman–Crippen MR) is 72.0 cm³/mol. The van der Waals surface area contributed by atoms with Crippen molar-refractivity contribution in [1.29, 1.82) is 0 Å². The average Bonchev–Trinajstić information content (AvgIpc) is 2.44. The van der Waals surface area contributed by atoms with Crippen LogP contribution >= 0.6 is 0 Å². The molecule has 4 nitrogen and oxygen atoms in total. The zero-order chi connectivity index (χ0) is 15.3. The Kier molecular flexibility index (Phi) is 5.43. The van der Waals surface area contributed by atoms with Crippen LogP contribution in [0.3, 0.4) is 0 Å². The molecule has 1 unspecified atom stereocenters. The summed E-state index contributed by atoms with van der Waals surface area (Å²) in [5.74, 6) is -1.28. The van der Waals surface area contributed by atoms with Crippen LogP contribution in [-0.2, 0) is 14.3 Å². The second kappa shape index (κ2) is 6.84. The number of rotatable bonds is 5. The molecule has 1 rings (SSSR count). The predicted octanol–water partition coefficient (Wildman–Crippen LogP) is 2.99. The third-order valence-corrected chi connectivity index (χ3v) is 2.54. The Hall–Kier alpha value is -2.17. The normalized spacial score (nSPS) is 11.8. The third kappa shape index (κ3) is 3.91. The molecule has 1 aromatic carbocycles. The highest BCUT2D eigenvalue weighted by atomic mass is 19.1. The average molecular weight is 280 g/mol. The van der Waals surface area contributed by atoms with Gasteiger partial charge in [-0.2, -0.15) is 0 Å². The van der Waals surface area contributed by atoms with Crippen molar-refractivity contribution in [3.63, 3.8) is 0 Å². The Labute approximate surface area is 117 Å². The van der Waals surface area contributed by atoms with Gasteiger partial charge in [0.1, 0.15) is 0 Å². The van der Waals surface area contributed by atoms with Gasteiger partial charge >= 0.3 is 11.9 Å². The van der Waals surface area contributed by atoms with E-state index in [1.165, 1.54) is 31.4 Å². The lowest BCUT2D eigenvalue weighted by Gasteiger charge is -2.13. The first-order valence-corrected chi connectivity index (χ1v) is 6.09. The van der Waals surface area contributed by atoms with Crippen LogP contribution in [0.15, 0.2) is 36.4 Å². The molecule has 0 bridgehead atoms. The summed E-state index contributed by atoms with van der Waals surface area (Å²) < 4.78 is 23.6. The quantitative estimate of drug-likeness (QED) is 0.614. The Balaban J connectivity index is 2.82. The fourth-order valence-corrected chi connectivity index (χ4v) is 1.50. The summed E-state index contributed by atoms with van der Waals surface area (Å²) in [5, 5.41) is 0. The van der Waals surface area contributed by atoms with Crippen LogP contribution in [0, 0.1) is 0 Å². The molecule has 0 saturated carbocycles. The Morgan fingerprint density at radius 1 is 1.20 bits per heavy atom. The zero-order valence-corrected chi connectivity index (χ0v) is 11.7. The second-order valence-corrected chi connectivity index (χ2v) is 4.46. The van der Waals surface area contributed by atoms with Gasteiger partial charge in [0.2, 0.25) is 0 Å². The van der Waals surface area contributed by atoms with Gasteiger partial charge in [0.05, 0.1) is 24.4 Å². The van der Waals surface area contributed by atoms with E-state index in [1.54, 1.807) is 13.8 Å². The number of hydrogen-bond donors (Lipinski definition) is 0. The number of esters is 2. The van der Waals surface area contributed by atoms with Crippen molar-refractivity contribution in [3.8, 4) is 0 Å². The maximum atomic E-state index is 14.1. The highest BCUT2D eigenvalue weighted by molar-refractivity contribution is 5.90. The van der Waals surface area contributed by atoms with E-state index in [4.69, 9.17) is 4.74 Å². The van der Waals surface area contributed by atoms with Gasteiger partial charge in [0.25, 0.3) is 0 Å². The van der Waals surface area contributed by atoms with Gasteiger partial charge in [-0.25, -0.2) is 14.0 Å². The van der Waals surface area contributed by atoms with Gasteiger partial charge in [0, 0.05) is 0 Å². The minimum absolute atomic E-state index is 0.225. The lowest BCUT2D eigenvalue weighted by Crippen LogP contribution is -2.16. The fourth-order valence-electron chi connectivity index (χ4n) is 1.50. The molecule has 0 saturated heterocycles. The Morgan fingerprint density at radius 2 is 1.75 bits per heavy atom. The maximum Gasteiger partial charge on any atom is 0.337 e. The highest BCUT2D eigenvalue weighted by Gasteiger charge is 2.22. The van der Waals surface area contributed by atoms with Crippen LogP contribution in [0.2, 0.25) is 0 Å². The summed E-state index contributed by atoms with van der Waals surface area (Å²) >= 11 is 0. The van der Waals surface area contributed by atoms with Gasteiger partial charge in [-0.15, -0.1) is 0 Å². The van der Waals surface area contributed by atoms with E-state index in [-0.39, 0.29) is 17.2 Å². The standard InChI is InChI=1S/C15H17FO4/c1-9(2)20-14(17)10(3)13(16)11-5-7-12(8-6-11)15(18)19-4/h5-9,13H,3H2,1-2,4H3. The number of ether oxygens (including phenoxy) is 2. The molecule has 0 amide bonds. The van der Waals surface area contributed by atoms with E-state index < -0.39 is 18.1 Å². The van der Waals surface area contributed by atoms with Crippen molar-refractivity contribution in [2.24, 2.45) is 0 Å². The van der Waals surface area contributed by atoms with Crippen LogP contribution in [0.25, 0.3) is 0 Å². The molecule has 0 spiro atoms. The van der Waals surface area contributed by atoms with Crippen molar-refractivity contribution >= 4 is 11.9 Å². The number of hydrogen-bond acceptors (Lipinski definition) is 4. The monoisotopic (exact) mass is 280 g/mol. The number of halogens is 1. The fraction of sp³-hybridized carbons (Fsp3) is 0.333. The molecule has 0 aliphatic heterocycles. The summed E-state index contributed by atoms with van der Waals surface area (Å²) in [6.45, 7) is 6.76. The topological polar surface area (TPSA) is 52.6 Å². The molecule has 20 heavy (non-hydrogen) atoms. The van der Waals surface area contributed by atoms with Crippen molar-refractivity contribution in [2.45, 2.75) is 26.1 Å². The maximum absolute atomic E-state index is 14.1. The van der Waals surface area contributed by atoms with E-state index in [0.717, 1.165) is 0 Å². The van der Waals surface area contributed by atoms with Crippen LogP contribution in [0.4, 0.5) is 4.39 Å². The lowest BCUT2D eigenvalue weighted by atomic mass is 10.0. The Bertz CT molecular complexity index is 505. The van der Waals surface area contributed by atoms with E-state index >= 15 is 0 Å². The zero-order valence-electron chi connectivity index (χ0n) is 11.7. The molecule has 0 aliphatic carbocycles. The number of methoxy groups -OCH3 is 1. The van der Waals surface area contributed by atoms with E-state index in [2.05, 4.69) is 11.3 Å². The van der Waals surface area contributed by atoms with Crippen molar-refractivity contribution < 1.29 is 23.5 Å². The van der Waals surface area contributed by atoms with Crippen molar-refractivity contribution in [2.75, 3.05) is 7.11 Å². The summed E-state index contributed by atoms with van der Waals surface area (Å²) in [5.41, 5.74) is 0.256. The molecule has 0 fully saturated rings. The number of carbonyl (C=O) groups is 2. The van der Waals surface area contributed by atoms with Crippen LogP contribution in [-0.4, -0.2) is 25.2 Å². The van der Waals surface area contributed by atoms with E-state index in [0.29, 0.717) is 5.56 Å². The first kappa shape index (κ1) is 15.9. The van der Waals surface area contributed by atoms with Gasteiger partial charge in [-0.3, -0.25) is 0 Å². The molecule has 5 heteroatoms. The van der Waals surface area contributed by atoms with Crippen LogP contribution in [0.5, 0.6) is 0 Å². The molecule has 0 heterocycles. The van der Waals surface area contributed by atoms with Crippen molar-refractivity contribution in [3.05, 3.63) is 47.5 Å². The smallest absolute Gasteiger partial charge is 0.337 e. The second-order valence-electron chi connectivity index (χ2n) is 4.46. The third-order valence-electron chi connectivity index (χ3n) is 2.54. The van der Waals surface area contributed by atoms with Crippen LogP contribution in [0.1, 0.15) is 35.9 Å². The molecule has 0 aromatic heterocycles. The molecule has 0 aliphatic rings. The number of benzene rings is 1. The summed E-state index contributed by atoms with van der Waals surface area (Å²) in [4.78, 5) is 22.8. The SMILES string of the molecule is C=C(C(=O)OC(C)C)C(F)c1ccc(C(=O)OC)cc1. The van der Waals surface area contributed by atoms with Crippen LogP contribution < -0.4 is 0 Å². The van der Waals surface area contributed by atoms with Gasteiger partial charge < -0.3 is 9.47 Å². The van der Waals surface area contributed by atoms with Gasteiger partial charge in [0.15, 0.2) is 6.17 Å². The number of alkyl halides is 1. The number of carbonyl (C=O) groups excluding carboxylic acids is 2. The lowest BCUT2D eigenvalue weighted by molar-refractivity contribution is -0.143. The minimum atomic E-state index is -1.67. The Morgan fingerprint density at radius 3 is 2.20 bits per heavy atom.